The molecule has 1 aromatic carbocycles. The van der Waals surface area contributed by atoms with E-state index in [0.717, 1.165) is 11.1 Å². The van der Waals surface area contributed by atoms with Gasteiger partial charge in [-0.05, 0) is 12.5 Å². The van der Waals surface area contributed by atoms with Crippen molar-refractivity contribution in [1.29, 1.82) is 0 Å². The second kappa shape index (κ2) is 6.68. The molecule has 2 nitrogen and oxygen atoms in total. The Morgan fingerprint density at radius 1 is 1.28 bits per heavy atom. The number of aryl methyl sites for hydroxylation is 1. The van der Waals surface area contributed by atoms with E-state index >= 15 is 0 Å². The van der Waals surface area contributed by atoms with Crippen molar-refractivity contribution in [3.63, 3.8) is 0 Å². The number of hydrogen-bond acceptors (Lipinski definition) is 2. The summed E-state index contributed by atoms with van der Waals surface area (Å²) in [6, 6.07) is 7.80. The Morgan fingerprint density at radius 2 is 1.89 bits per heavy atom. The first kappa shape index (κ1) is 14.9. The zero-order valence-electron chi connectivity index (χ0n) is 9.88. The van der Waals surface area contributed by atoms with E-state index in [1.54, 1.807) is 0 Å². The first-order valence-corrected chi connectivity index (χ1v) is 6.49. The van der Waals surface area contributed by atoms with Crippen LogP contribution in [0.2, 0.25) is 0 Å². The van der Waals surface area contributed by atoms with E-state index in [2.05, 4.69) is 0 Å². The first-order valence-electron chi connectivity index (χ1n) is 5.33. The van der Waals surface area contributed by atoms with E-state index in [1.807, 2.05) is 36.5 Å². The van der Waals surface area contributed by atoms with Gasteiger partial charge >= 0.3 is 6.18 Å². The predicted molar refractivity (Wildman–Crippen MR) is 66.4 cm³/mol. The Labute approximate surface area is 108 Å². The van der Waals surface area contributed by atoms with Gasteiger partial charge in [0.2, 0.25) is 5.91 Å². The number of halogens is 3. The molecule has 6 heteroatoms. The number of benzene rings is 1. The number of carbonyl (C=O) groups excluding carboxylic acids is 1. The molecule has 0 aliphatic heterocycles. The van der Waals surface area contributed by atoms with Gasteiger partial charge in [0.05, 0.1) is 5.75 Å². The zero-order chi connectivity index (χ0) is 13.6. The quantitative estimate of drug-likeness (QED) is 0.896. The molecule has 0 aromatic heterocycles. The molecular weight excluding hydrogens is 263 g/mol. The first-order chi connectivity index (χ1) is 8.37. The van der Waals surface area contributed by atoms with Crippen molar-refractivity contribution in [3.05, 3.63) is 35.4 Å². The lowest BCUT2D eigenvalue weighted by molar-refractivity contribution is -0.136. The van der Waals surface area contributed by atoms with Gasteiger partial charge in [-0.3, -0.25) is 4.79 Å². The van der Waals surface area contributed by atoms with Crippen LogP contribution in [0.5, 0.6) is 0 Å². The second-order valence-corrected chi connectivity index (χ2v) is 4.86. The van der Waals surface area contributed by atoms with Gasteiger partial charge in [0.15, 0.2) is 0 Å². The summed E-state index contributed by atoms with van der Waals surface area (Å²) in [6.45, 7) is 0.707. The van der Waals surface area contributed by atoms with Gasteiger partial charge in [0.25, 0.3) is 0 Å². The van der Waals surface area contributed by atoms with Gasteiger partial charge in [0, 0.05) is 5.75 Å². The third-order valence-electron chi connectivity index (χ3n) is 2.11. The van der Waals surface area contributed by atoms with Crippen molar-refractivity contribution < 1.29 is 18.0 Å². The topological polar surface area (TPSA) is 29.1 Å². The Kier molecular flexibility index (Phi) is 5.53. The third kappa shape index (κ3) is 6.54. The van der Waals surface area contributed by atoms with E-state index < -0.39 is 18.6 Å². The highest BCUT2D eigenvalue weighted by Gasteiger charge is 2.27. The fraction of sp³-hybridized carbons (Fsp3) is 0.417. The minimum absolute atomic E-state index is 0.0317. The molecule has 0 saturated carbocycles. The Morgan fingerprint density at radius 3 is 2.44 bits per heavy atom. The number of amides is 1. The van der Waals surface area contributed by atoms with Crippen molar-refractivity contribution in [2.45, 2.75) is 18.9 Å². The molecule has 0 bridgehead atoms. The molecule has 1 amide bonds. The molecule has 100 valence electrons. The highest BCUT2D eigenvalue weighted by molar-refractivity contribution is 7.99. The van der Waals surface area contributed by atoms with Gasteiger partial charge < -0.3 is 5.32 Å². The largest absolute Gasteiger partial charge is 0.405 e. The van der Waals surface area contributed by atoms with Gasteiger partial charge in [0.1, 0.15) is 6.54 Å². The highest BCUT2D eigenvalue weighted by Crippen LogP contribution is 2.14. The summed E-state index contributed by atoms with van der Waals surface area (Å²) in [5.74, 6) is 0.0494. The van der Waals surface area contributed by atoms with Crippen LogP contribution in [0.15, 0.2) is 24.3 Å². The molecule has 0 aliphatic rings. The van der Waals surface area contributed by atoms with Gasteiger partial charge in [-0.1, -0.05) is 29.8 Å². The minimum Gasteiger partial charge on any atom is -0.346 e. The number of nitrogens with one attached hydrogen (secondary N) is 1. The van der Waals surface area contributed by atoms with E-state index in [9.17, 15) is 18.0 Å². The van der Waals surface area contributed by atoms with Crippen LogP contribution in [-0.4, -0.2) is 24.4 Å². The molecule has 0 heterocycles. The zero-order valence-corrected chi connectivity index (χ0v) is 10.7. The molecule has 18 heavy (non-hydrogen) atoms. The summed E-state index contributed by atoms with van der Waals surface area (Å²) in [5, 5.41) is 1.83. The summed E-state index contributed by atoms with van der Waals surface area (Å²) in [6.07, 6.45) is -4.35. The van der Waals surface area contributed by atoms with Crippen LogP contribution in [0.4, 0.5) is 13.2 Å². The number of carbonyl (C=O) groups is 1. The summed E-state index contributed by atoms with van der Waals surface area (Å²) in [7, 11) is 0. The molecule has 0 aliphatic carbocycles. The lowest BCUT2D eigenvalue weighted by Crippen LogP contribution is -2.34. The maximum atomic E-state index is 11.8. The summed E-state index contributed by atoms with van der Waals surface area (Å²) in [5.41, 5.74) is 2.20. The average molecular weight is 277 g/mol. The molecule has 1 N–H and O–H groups in total. The van der Waals surface area contributed by atoms with Crippen LogP contribution in [0.25, 0.3) is 0 Å². The number of rotatable bonds is 5. The SMILES string of the molecule is Cc1ccc(CSCC(=O)NCC(F)(F)F)cc1. The van der Waals surface area contributed by atoms with E-state index in [4.69, 9.17) is 0 Å². The Balaban J connectivity index is 2.21. The Bertz CT molecular complexity index is 389. The molecule has 0 fully saturated rings. The predicted octanol–water partition coefficient (Wildman–Crippen LogP) is 2.91. The average Bonchev–Trinajstić information content (AvgIpc) is 2.28. The van der Waals surface area contributed by atoms with Gasteiger partial charge in [-0.2, -0.15) is 13.2 Å². The fourth-order valence-corrected chi connectivity index (χ4v) is 2.01. The molecule has 0 unspecified atom stereocenters. The molecule has 0 atom stereocenters. The van der Waals surface area contributed by atoms with Crippen molar-refractivity contribution in [2.75, 3.05) is 12.3 Å². The second-order valence-electron chi connectivity index (χ2n) is 3.87. The molecule has 0 radical (unpaired) electrons. The van der Waals surface area contributed by atoms with E-state index in [-0.39, 0.29) is 5.75 Å². The lowest BCUT2D eigenvalue weighted by Gasteiger charge is -2.08. The molecule has 1 aromatic rings. The van der Waals surface area contributed by atoms with Crippen LogP contribution in [0.3, 0.4) is 0 Å². The summed E-state index contributed by atoms with van der Waals surface area (Å²) < 4.78 is 35.5. The maximum Gasteiger partial charge on any atom is 0.405 e. The van der Waals surface area contributed by atoms with Crippen molar-refractivity contribution in [3.8, 4) is 0 Å². The molecule has 0 spiro atoms. The maximum absolute atomic E-state index is 11.8. The molecule has 1 rings (SSSR count). The van der Waals surface area contributed by atoms with Crippen LogP contribution in [0, 0.1) is 6.92 Å². The standard InChI is InChI=1S/C12H14F3NOS/c1-9-2-4-10(5-3-9)6-18-7-11(17)16-8-12(13,14)15/h2-5H,6-8H2,1H3,(H,16,17). The van der Waals surface area contributed by atoms with E-state index in [0.29, 0.717) is 5.75 Å². The van der Waals surface area contributed by atoms with Crippen LogP contribution in [-0.2, 0) is 10.5 Å². The normalized spacial score (nSPS) is 11.3. The third-order valence-corrected chi connectivity index (χ3v) is 3.11. The van der Waals surface area contributed by atoms with Crippen molar-refractivity contribution >= 4 is 17.7 Å². The van der Waals surface area contributed by atoms with Gasteiger partial charge in [-0.25, -0.2) is 0 Å². The lowest BCUT2D eigenvalue weighted by atomic mass is 10.2. The number of alkyl halides is 3. The van der Waals surface area contributed by atoms with E-state index in [1.165, 1.54) is 11.8 Å². The highest BCUT2D eigenvalue weighted by atomic mass is 32.2. The van der Waals surface area contributed by atoms with Crippen molar-refractivity contribution in [2.24, 2.45) is 0 Å². The number of hydrogen-bond donors (Lipinski definition) is 1. The smallest absolute Gasteiger partial charge is 0.346 e. The van der Waals surface area contributed by atoms with Crippen LogP contribution in [0.1, 0.15) is 11.1 Å². The van der Waals surface area contributed by atoms with Crippen molar-refractivity contribution in [1.82, 2.24) is 5.32 Å². The minimum atomic E-state index is -4.35. The monoisotopic (exact) mass is 277 g/mol. The van der Waals surface area contributed by atoms with Crippen LogP contribution >= 0.6 is 11.8 Å². The van der Waals surface area contributed by atoms with Gasteiger partial charge in [-0.15, -0.1) is 11.8 Å². The summed E-state index contributed by atoms with van der Waals surface area (Å²) >= 11 is 1.29. The Hall–Kier alpha value is -1.17. The fourth-order valence-electron chi connectivity index (χ4n) is 1.20. The van der Waals surface area contributed by atoms with Crippen LogP contribution < -0.4 is 5.32 Å². The molecule has 0 saturated heterocycles. The molecular formula is C12H14F3NOS. The number of thioether (sulfide) groups is 1. The summed E-state index contributed by atoms with van der Waals surface area (Å²) in [4.78, 5) is 11.1.